The van der Waals surface area contributed by atoms with Gasteiger partial charge in [0.15, 0.2) is 0 Å². The van der Waals surface area contributed by atoms with Gasteiger partial charge < -0.3 is 14.7 Å². The van der Waals surface area contributed by atoms with E-state index in [0.29, 0.717) is 6.54 Å². The lowest BCUT2D eigenvalue weighted by molar-refractivity contribution is -0.150. The van der Waals surface area contributed by atoms with Crippen LogP contribution in [0.25, 0.3) is 0 Å². The lowest BCUT2D eigenvalue weighted by Gasteiger charge is -2.47. The van der Waals surface area contributed by atoms with Crippen molar-refractivity contribution in [3.05, 3.63) is 0 Å². The molecule has 2 aliphatic rings. The molecule has 1 N–H and O–H groups in total. The molecule has 0 aromatic heterocycles. The van der Waals surface area contributed by atoms with Crippen LogP contribution in [-0.4, -0.2) is 40.3 Å². The third kappa shape index (κ3) is 3.01. The summed E-state index contributed by atoms with van der Waals surface area (Å²) in [4.78, 5) is 25.0. The fourth-order valence-electron chi connectivity index (χ4n) is 2.81. The molecule has 2 fully saturated rings. The molecule has 2 rings (SSSR count). The Kier molecular flexibility index (Phi) is 3.74. The van der Waals surface area contributed by atoms with Crippen LogP contribution in [0.15, 0.2) is 0 Å². The van der Waals surface area contributed by atoms with Gasteiger partial charge in [-0.3, -0.25) is 4.79 Å². The maximum Gasteiger partial charge on any atom is 0.410 e. The van der Waals surface area contributed by atoms with Crippen molar-refractivity contribution in [2.24, 2.45) is 11.8 Å². The monoisotopic (exact) mass is 269 g/mol. The number of nitrogens with zero attached hydrogens (tertiary/aromatic N) is 1. The smallest absolute Gasteiger partial charge is 0.410 e. The van der Waals surface area contributed by atoms with E-state index in [-0.39, 0.29) is 18.1 Å². The summed E-state index contributed by atoms with van der Waals surface area (Å²) in [5, 5.41) is 9.40. The molecule has 1 heterocycles. The fraction of sp³-hybridized carbons (Fsp3) is 0.857. The first kappa shape index (κ1) is 14.2. The first-order valence-corrected chi connectivity index (χ1v) is 7.02. The summed E-state index contributed by atoms with van der Waals surface area (Å²) in [6.45, 7) is 6.07. The summed E-state index contributed by atoms with van der Waals surface area (Å²) in [6, 6.07) is -0.183. The highest BCUT2D eigenvalue weighted by Crippen LogP contribution is 2.40. The molecule has 0 aromatic carbocycles. The van der Waals surface area contributed by atoms with Gasteiger partial charge >= 0.3 is 12.1 Å². The maximum atomic E-state index is 12.0. The summed E-state index contributed by atoms with van der Waals surface area (Å²) in [6.07, 6.45) is 3.43. The Labute approximate surface area is 113 Å². The maximum absolute atomic E-state index is 12.0. The molecule has 1 aliphatic carbocycles. The number of hydrogen-bond donors (Lipinski definition) is 1. The Morgan fingerprint density at radius 2 is 1.89 bits per heavy atom. The molecule has 0 spiro atoms. The average Bonchev–Trinajstić information content (AvgIpc) is 2.07. The molecule has 108 valence electrons. The SMILES string of the molecule is CC(C)(C)OC(=O)N1CCC1C(C(=O)O)C1CCC1. The molecule has 1 saturated heterocycles. The number of carbonyl (C=O) groups excluding carboxylic acids is 1. The molecule has 2 atom stereocenters. The largest absolute Gasteiger partial charge is 0.481 e. The Bertz CT molecular complexity index is 370. The molecule has 0 radical (unpaired) electrons. The summed E-state index contributed by atoms with van der Waals surface area (Å²) < 4.78 is 5.33. The number of hydrogen-bond acceptors (Lipinski definition) is 3. The number of carboxylic acid groups (broad SMARTS) is 1. The molecular weight excluding hydrogens is 246 g/mol. The quantitative estimate of drug-likeness (QED) is 0.854. The van der Waals surface area contributed by atoms with Crippen molar-refractivity contribution < 1.29 is 19.4 Å². The van der Waals surface area contributed by atoms with E-state index in [0.717, 1.165) is 25.7 Å². The van der Waals surface area contributed by atoms with Crippen LogP contribution in [0.2, 0.25) is 0 Å². The number of carbonyl (C=O) groups is 2. The number of carboxylic acids is 1. The summed E-state index contributed by atoms with van der Waals surface area (Å²) >= 11 is 0. The Balaban J connectivity index is 2.00. The van der Waals surface area contributed by atoms with Crippen molar-refractivity contribution in [2.45, 2.75) is 58.1 Å². The van der Waals surface area contributed by atoms with Crippen molar-refractivity contribution in [1.29, 1.82) is 0 Å². The van der Waals surface area contributed by atoms with Crippen LogP contribution in [0.3, 0.4) is 0 Å². The zero-order chi connectivity index (χ0) is 14.2. The second-order valence-corrected chi connectivity index (χ2v) is 6.58. The van der Waals surface area contributed by atoms with Crippen molar-refractivity contribution in [2.75, 3.05) is 6.54 Å². The van der Waals surface area contributed by atoms with Gasteiger partial charge in [0.25, 0.3) is 0 Å². The standard InChI is InChI=1S/C14H23NO4/c1-14(2,3)19-13(18)15-8-7-10(15)11(12(16)17)9-5-4-6-9/h9-11H,4-8H2,1-3H3,(H,16,17). The van der Waals surface area contributed by atoms with E-state index in [4.69, 9.17) is 4.74 Å². The molecule has 1 saturated carbocycles. The van der Waals surface area contributed by atoms with E-state index in [9.17, 15) is 14.7 Å². The Morgan fingerprint density at radius 1 is 1.26 bits per heavy atom. The predicted octanol–water partition coefficient (Wildman–Crippen LogP) is 2.50. The fourth-order valence-corrected chi connectivity index (χ4v) is 2.81. The lowest BCUT2D eigenvalue weighted by Crippen LogP contribution is -2.59. The molecule has 1 amide bonds. The Hall–Kier alpha value is -1.26. The van der Waals surface area contributed by atoms with E-state index < -0.39 is 17.5 Å². The Morgan fingerprint density at radius 3 is 2.21 bits per heavy atom. The predicted molar refractivity (Wildman–Crippen MR) is 69.8 cm³/mol. The van der Waals surface area contributed by atoms with Crippen LogP contribution in [0.4, 0.5) is 4.79 Å². The van der Waals surface area contributed by atoms with Gasteiger partial charge in [-0.1, -0.05) is 6.42 Å². The van der Waals surface area contributed by atoms with Crippen LogP contribution >= 0.6 is 0 Å². The van der Waals surface area contributed by atoms with Crippen molar-refractivity contribution in [3.63, 3.8) is 0 Å². The summed E-state index contributed by atoms with van der Waals surface area (Å²) in [7, 11) is 0. The normalized spacial score (nSPS) is 25.2. The van der Waals surface area contributed by atoms with Gasteiger partial charge in [0.05, 0.1) is 12.0 Å². The molecule has 5 heteroatoms. The van der Waals surface area contributed by atoms with Gasteiger partial charge in [-0.15, -0.1) is 0 Å². The van der Waals surface area contributed by atoms with Gasteiger partial charge in [-0.25, -0.2) is 4.79 Å². The van der Waals surface area contributed by atoms with E-state index >= 15 is 0 Å². The highest BCUT2D eigenvalue weighted by atomic mass is 16.6. The number of aliphatic carboxylic acids is 1. The van der Waals surface area contributed by atoms with E-state index in [2.05, 4.69) is 0 Å². The van der Waals surface area contributed by atoms with Crippen molar-refractivity contribution >= 4 is 12.1 Å². The molecule has 0 aromatic rings. The number of ether oxygens (including phenoxy) is 1. The van der Waals surface area contributed by atoms with Crippen LogP contribution < -0.4 is 0 Å². The van der Waals surface area contributed by atoms with Crippen LogP contribution in [0.5, 0.6) is 0 Å². The molecule has 0 bridgehead atoms. The molecule has 19 heavy (non-hydrogen) atoms. The summed E-state index contributed by atoms with van der Waals surface area (Å²) in [5.74, 6) is -0.967. The first-order valence-electron chi connectivity index (χ1n) is 7.02. The van der Waals surface area contributed by atoms with Crippen LogP contribution in [0.1, 0.15) is 46.5 Å². The van der Waals surface area contributed by atoms with Crippen molar-refractivity contribution in [3.8, 4) is 0 Å². The zero-order valence-corrected chi connectivity index (χ0v) is 11.9. The third-order valence-corrected chi connectivity index (χ3v) is 4.05. The van der Waals surface area contributed by atoms with Gasteiger partial charge in [-0.2, -0.15) is 0 Å². The average molecular weight is 269 g/mol. The first-order chi connectivity index (χ1) is 8.79. The molecule has 1 aliphatic heterocycles. The van der Waals surface area contributed by atoms with Gasteiger partial charge in [-0.05, 0) is 46.0 Å². The highest BCUT2D eigenvalue weighted by Gasteiger charge is 2.47. The second kappa shape index (κ2) is 5.02. The van der Waals surface area contributed by atoms with E-state index in [1.54, 1.807) is 4.90 Å². The zero-order valence-electron chi connectivity index (χ0n) is 11.9. The van der Waals surface area contributed by atoms with E-state index in [1.165, 1.54) is 0 Å². The van der Waals surface area contributed by atoms with Crippen LogP contribution in [0, 0.1) is 11.8 Å². The number of likely N-dealkylation sites (tertiary alicyclic amines) is 1. The number of rotatable bonds is 3. The van der Waals surface area contributed by atoms with Gasteiger partial charge in [0.1, 0.15) is 5.60 Å². The third-order valence-electron chi connectivity index (χ3n) is 4.05. The second-order valence-electron chi connectivity index (χ2n) is 6.58. The van der Waals surface area contributed by atoms with Gasteiger partial charge in [0.2, 0.25) is 0 Å². The topological polar surface area (TPSA) is 66.8 Å². The minimum Gasteiger partial charge on any atom is -0.481 e. The molecular formula is C14H23NO4. The number of amides is 1. The molecule has 2 unspecified atom stereocenters. The highest BCUT2D eigenvalue weighted by molar-refractivity contribution is 5.75. The minimum absolute atomic E-state index is 0.183. The van der Waals surface area contributed by atoms with Crippen LogP contribution in [-0.2, 0) is 9.53 Å². The lowest BCUT2D eigenvalue weighted by atomic mass is 9.70. The molecule has 5 nitrogen and oxygen atoms in total. The van der Waals surface area contributed by atoms with Crippen molar-refractivity contribution in [1.82, 2.24) is 4.90 Å². The van der Waals surface area contributed by atoms with E-state index in [1.807, 2.05) is 20.8 Å². The minimum atomic E-state index is -0.775. The summed E-state index contributed by atoms with van der Waals surface area (Å²) in [5.41, 5.74) is -0.535. The van der Waals surface area contributed by atoms with Gasteiger partial charge in [0, 0.05) is 6.54 Å².